The number of carbonyl (C=O) groups excluding carboxylic acids is 5. The predicted octanol–water partition coefficient (Wildman–Crippen LogP) is -0.294. The van der Waals surface area contributed by atoms with Gasteiger partial charge in [0.05, 0.1) is 31.7 Å². The van der Waals surface area contributed by atoms with Crippen molar-refractivity contribution in [3.05, 3.63) is 59.7 Å². The van der Waals surface area contributed by atoms with Gasteiger partial charge in [-0.1, -0.05) is 38.1 Å². The zero-order valence-corrected chi connectivity index (χ0v) is 26.8. The predicted molar refractivity (Wildman–Crippen MR) is 172 cm³/mol. The van der Waals surface area contributed by atoms with Crippen LogP contribution in [0.2, 0.25) is 0 Å². The van der Waals surface area contributed by atoms with Crippen molar-refractivity contribution in [3.8, 4) is 11.5 Å². The number of morpholine rings is 1. The molecule has 14 nitrogen and oxygen atoms in total. The van der Waals surface area contributed by atoms with Crippen LogP contribution in [0.15, 0.2) is 48.5 Å². The lowest BCUT2D eigenvalue weighted by Gasteiger charge is -2.27. The van der Waals surface area contributed by atoms with Crippen LogP contribution in [0.25, 0.3) is 0 Å². The molecule has 6 N–H and O–H groups in total. The van der Waals surface area contributed by atoms with Gasteiger partial charge in [-0.05, 0) is 35.7 Å². The van der Waals surface area contributed by atoms with Crippen LogP contribution < -0.4 is 31.3 Å². The molecule has 0 radical (unpaired) electrons. The van der Waals surface area contributed by atoms with Gasteiger partial charge < -0.3 is 41.2 Å². The Kier molecular flexibility index (Phi) is 12.9. The van der Waals surface area contributed by atoms with Crippen LogP contribution in [-0.2, 0) is 30.3 Å². The van der Waals surface area contributed by atoms with Gasteiger partial charge in [-0.15, -0.1) is 0 Å². The number of hydrogen-bond acceptors (Lipinski definition) is 9. The minimum absolute atomic E-state index is 0.0315. The number of carbonyl (C=O) groups is 5. The smallest absolute Gasteiger partial charge is 0.255 e. The molecule has 5 amide bonds. The third-order valence-electron chi connectivity index (χ3n) is 7.91. The number of ether oxygens (including phenoxy) is 2. The first kappa shape index (κ1) is 35.2. The highest BCUT2D eigenvalue weighted by atomic mass is 16.5. The number of hydrogen-bond donors (Lipinski definition) is 6. The summed E-state index contributed by atoms with van der Waals surface area (Å²) in [6, 6.07) is 9.30. The summed E-state index contributed by atoms with van der Waals surface area (Å²) in [5.41, 5.74) is 0.788. The van der Waals surface area contributed by atoms with Crippen LogP contribution in [0, 0.1) is 5.92 Å². The Morgan fingerprint density at radius 1 is 0.957 bits per heavy atom. The molecule has 0 unspecified atom stereocenters. The van der Waals surface area contributed by atoms with E-state index in [0.29, 0.717) is 25.3 Å². The summed E-state index contributed by atoms with van der Waals surface area (Å²) in [5.74, 6) is -2.92. The molecule has 1 saturated heterocycles. The van der Waals surface area contributed by atoms with Crippen LogP contribution >= 0.6 is 0 Å². The molecule has 2 aliphatic heterocycles. The molecule has 0 spiro atoms. The maximum atomic E-state index is 13.6. The maximum Gasteiger partial charge on any atom is 0.255 e. The minimum atomic E-state index is -1.28. The van der Waals surface area contributed by atoms with Gasteiger partial charge >= 0.3 is 0 Å². The van der Waals surface area contributed by atoms with E-state index in [4.69, 9.17) is 9.47 Å². The van der Waals surface area contributed by atoms with Gasteiger partial charge in [0, 0.05) is 32.6 Å². The van der Waals surface area contributed by atoms with Crippen molar-refractivity contribution in [2.24, 2.45) is 5.92 Å². The Hall–Kier alpha value is -4.69. The quantitative estimate of drug-likeness (QED) is 0.234. The number of aromatic hydroxyl groups is 1. The first-order chi connectivity index (χ1) is 22.6. The fourth-order valence-electron chi connectivity index (χ4n) is 5.26. The topological polar surface area (TPSA) is 187 Å². The van der Waals surface area contributed by atoms with E-state index in [9.17, 15) is 29.1 Å². The first-order valence-corrected chi connectivity index (χ1v) is 15.9. The summed E-state index contributed by atoms with van der Waals surface area (Å²) in [6.07, 6.45) is -0.431. The number of phenols is 1. The highest BCUT2D eigenvalue weighted by Crippen LogP contribution is 2.18. The molecule has 2 heterocycles. The zero-order chi connectivity index (χ0) is 33.8. The monoisotopic (exact) mass is 652 g/mol. The molecule has 1 fully saturated rings. The highest BCUT2D eigenvalue weighted by molar-refractivity contribution is 6.01. The number of fused-ring (bicyclic) bond motifs is 1. The Balaban J connectivity index is 1.59. The van der Waals surface area contributed by atoms with E-state index >= 15 is 0 Å². The summed E-state index contributed by atoms with van der Waals surface area (Å²) in [6.45, 7) is 7.23. The Labute approximate surface area is 273 Å². The summed E-state index contributed by atoms with van der Waals surface area (Å²) >= 11 is 0. The number of rotatable bonds is 7. The van der Waals surface area contributed by atoms with Gasteiger partial charge in [0.2, 0.25) is 23.6 Å². The van der Waals surface area contributed by atoms with E-state index < -0.39 is 54.1 Å². The fraction of sp³-hybridized carbons (Fsp3) is 0.485. The van der Waals surface area contributed by atoms with E-state index in [1.807, 2.05) is 0 Å². The average molecular weight is 653 g/mol. The summed E-state index contributed by atoms with van der Waals surface area (Å²) < 4.78 is 11.2. The molecule has 14 heteroatoms. The molecule has 2 aromatic carbocycles. The lowest BCUT2D eigenvalue weighted by molar-refractivity contribution is -0.133. The molecule has 47 heavy (non-hydrogen) atoms. The third-order valence-corrected chi connectivity index (χ3v) is 7.91. The van der Waals surface area contributed by atoms with Crippen molar-refractivity contribution in [2.75, 3.05) is 52.5 Å². The van der Waals surface area contributed by atoms with E-state index in [1.165, 1.54) is 18.2 Å². The average Bonchev–Trinajstić information content (AvgIpc) is 3.05. The molecule has 0 aliphatic carbocycles. The standard InChI is InChI=1S/C33H44N6O8/c1-21(2)29-33(45)35-12-16-47-27-6-4-3-5-24(27)30(42)37-26(31(43)34-11-13-39-14-17-46-18-15-39)20-28(41)36-25(32(44)38-29)19-22-7-9-23(40)10-8-22/h3-10,21,25-26,29,40H,11-20H2,1-2H3,(H,34,43)(H,35,45)(H,36,41)(H,37,42)(H,38,44)/t25-,26-,29+/m0/s1. The lowest BCUT2D eigenvalue weighted by Crippen LogP contribution is -2.57. The van der Waals surface area contributed by atoms with Gasteiger partial charge in [-0.2, -0.15) is 0 Å². The largest absolute Gasteiger partial charge is 0.508 e. The Morgan fingerprint density at radius 3 is 2.40 bits per heavy atom. The summed E-state index contributed by atoms with van der Waals surface area (Å²) in [4.78, 5) is 69.3. The van der Waals surface area contributed by atoms with E-state index in [-0.39, 0.29) is 49.1 Å². The molecular formula is C33H44N6O8. The molecular weight excluding hydrogens is 608 g/mol. The van der Waals surface area contributed by atoms with Crippen molar-refractivity contribution in [1.82, 2.24) is 31.5 Å². The lowest BCUT2D eigenvalue weighted by atomic mass is 10.0. The fourth-order valence-corrected chi connectivity index (χ4v) is 5.26. The summed E-state index contributed by atoms with van der Waals surface area (Å²) in [5, 5.41) is 23.4. The normalized spacial score (nSPS) is 22.1. The SMILES string of the molecule is CC(C)[C@H]1NC(=O)[C@H](Cc2ccc(O)cc2)NC(=O)C[C@@H](C(=O)NCCN2CCOCC2)NC(=O)c2ccccc2OCCNC1=O. The number of phenolic OH excluding ortho intramolecular Hbond substituents is 1. The Morgan fingerprint density at radius 2 is 1.68 bits per heavy atom. The minimum Gasteiger partial charge on any atom is -0.508 e. The first-order valence-electron chi connectivity index (χ1n) is 15.9. The van der Waals surface area contributed by atoms with E-state index in [0.717, 1.165) is 13.1 Å². The van der Waals surface area contributed by atoms with Crippen LogP contribution in [0.1, 0.15) is 36.2 Å². The molecule has 3 atom stereocenters. The second-order valence-corrected chi connectivity index (χ2v) is 11.8. The van der Waals surface area contributed by atoms with Crippen LogP contribution in [0.4, 0.5) is 0 Å². The molecule has 2 aromatic rings. The molecule has 0 bridgehead atoms. The number of amides is 5. The van der Waals surface area contributed by atoms with Crippen LogP contribution in [0.5, 0.6) is 11.5 Å². The van der Waals surface area contributed by atoms with Crippen molar-refractivity contribution in [2.45, 2.75) is 44.8 Å². The Bertz CT molecular complexity index is 1400. The van der Waals surface area contributed by atoms with Gasteiger partial charge in [0.25, 0.3) is 5.91 Å². The number of para-hydroxylation sites is 1. The molecule has 0 saturated carbocycles. The van der Waals surface area contributed by atoms with E-state index in [1.54, 1.807) is 44.2 Å². The second-order valence-electron chi connectivity index (χ2n) is 11.8. The molecule has 0 aromatic heterocycles. The third kappa shape index (κ3) is 10.7. The molecule has 254 valence electrons. The highest BCUT2D eigenvalue weighted by Gasteiger charge is 2.31. The van der Waals surface area contributed by atoms with Gasteiger partial charge in [-0.25, -0.2) is 0 Å². The maximum absolute atomic E-state index is 13.6. The number of benzene rings is 2. The van der Waals surface area contributed by atoms with E-state index in [2.05, 4.69) is 31.5 Å². The van der Waals surface area contributed by atoms with Gasteiger partial charge in [0.1, 0.15) is 36.2 Å². The van der Waals surface area contributed by atoms with Crippen LogP contribution in [0.3, 0.4) is 0 Å². The van der Waals surface area contributed by atoms with Crippen molar-refractivity contribution in [3.63, 3.8) is 0 Å². The molecule has 2 aliphatic rings. The number of nitrogens with one attached hydrogen (secondary N) is 5. The van der Waals surface area contributed by atoms with Crippen LogP contribution in [-0.4, -0.2) is 110 Å². The van der Waals surface area contributed by atoms with Crippen molar-refractivity contribution < 1.29 is 38.6 Å². The summed E-state index contributed by atoms with van der Waals surface area (Å²) in [7, 11) is 0. The number of nitrogens with zero attached hydrogens (tertiary/aromatic N) is 1. The second kappa shape index (κ2) is 17.3. The van der Waals surface area contributed by atoms with Gasteiger partial charge in [0.15, 0.2) is 0 Å². The van der Waals surface area contributed by atoms with Crippen molar-refractivity contribution in [1.29, 1.82) is 0 Å². The molecule has 4 rings (SSSR count). The zero-order valence-electron chi connectivity index (χ0n) is 26.8. The van der Waals surface area contributed by atoms with Crippen molar-refractivity contribution >= 4 is 29.5 Å². The van der Waals surface area contributed by atoms with Gasteiger partial charge in [-0.3, -0.25) is 28.9 Å².